The molecule has 1 aliphatic heterocycles. The first kappa shape index (κ1) is 14.4. The Kier molecular flexibility index (Phi) is 4.19. The molecule has 0 aromatic carbocycles. The third kappa shape index (κ3) is 2.80. The van der Waals surface area contributed by atoms with E-state index in [0.717, 1.165) is 0 Å². The number of nitrogens with zero attached hydrogens (tertiary/aromatic N) is 1. The van der Waals surface area contributed by atoms with Crippen molar-refractivity contribution in [2.45, 2.75) is 26.7 Å². The summed E-state index contributed by atoms with van der Waals surface area (Å²) in [7, 11) is -1.50. The van der Waals surface area contributed by atoms with Crippen molar-refractivity contribution in [3.8, 4) is 0 Å². The molecule has 0 aliphatic carbocycles. The molecule has 17 heavy (non-hydrogen) atoms. The number of amides is 1. The molecule has 0 aromatic heterocycles. The van der Waals surface area contributed by atoms with E-state index in [2.05, 4.69) is 5.32 Å². The van der Waals surface area contributed by atoms with Crippen LogP contribution in [0.15, 0.2) is 0 Å². The predicted molar refractivity (Wildman–Crippen MR) is 67.0 cm³/mol. The van der Waals surface area contributed by atoms with Gasteiger partial charge in [0, 0.05) is 20.1 Å². The van der Waals surface area contributed by atoms with E-state index in [1.165, 1.54) is 10.6 Å². The molecule has 0 atom stereocenters. The van der Waals surface area contributed by atoms with Gasteiger partial charge in [0.25, 0.3) is 0 Å². The fraction of sp³-hybridized carbons (Fsp3) is 0.909. The van der Waals surface area contributed by atoms with Crippen LogP contribution in [-0.4, -0.2) is 45.0 Å². The average Bonchev–Trinajstić information content (AvgIpc) is 2.26. The van der Waals surface area contributed by atoms with Crippen LogP contribution in [0.5, 0.6) is 0 Å². The van der Waals surface area contributed by atoms with Gasteiger partial charge in [0.1, 0.15) is 0 Å². The molecule has 0 unspecified atom stereocenters. The van der Waals surface area contributed by atoms with Crippen molar-refractivity contribution in [3.63, 3.8) is 0 Å². The van der Waals surface area contributed by atoms with Crippen LogP contribution in [0, 0.1) is 11.3 Å². The highest BCUT2D eigenvalue weighted by Gasteiger charge is 2.44. The first-order valence-corrected chi connectivity index (χ1v) is 7.76. The van der Waals surface area contributed by atoms with Crippen LogP contribution >= 0.6 is 0 Å². The topological polar surface area (TPSA) is 66.5 Å². The Morgan fingerprint density at radius 3 is 2.06 bits per heavy atom. The van der Waals surface area contributed by atoms with E-state index in [1.54, 1.807) is 7.05 Å². The molecule has 0 aromatic rings. The van der Waals surface area contributed by atoms with Crippen molar-refractivity contribution in [1.29, 1.82) is 0 Å². The van der Waals surface area contributed by atoms with Crippen molar-refractivity contribution >= 4 is 15.9 Å². The lowest BCUT2D eigenvalue weighted by Gasteiger charge is -2.42. The molecule has 100 valence electrons. The van der Waals surface area contributed by atoms with Crippen LogP contribution in [0.2, 0.25) is 0 Å². The fourth-order valence-electron chi connectivity index (χ4n) is 2.53. The highest BCUT2D eigenvalue weighted by Crippen LogP contribution is 2.39. The first-order valence-electron chi connectivity index (χ1n) is 5.91. The Bertz CT molecular complexity index is 382. The van der Waals surface area contributed by atoms with Gasteiger partial charge in [-0.3, -0.25) is 4.79 Å². The summed E-state index contributed by atoms with van der Waals surface area (Å²) in [5, 5.41) is 2.70. The number of piperidine rings is 1. The molecule has 1 amide bonds. The van der Waals surface area contributed by atoms with Crippen LogP contribution < -0.4 is 5.32 Å². The zero-order chi connectivity index (χ0) is 13.3. The predicted octanol–water partition coefficient (Wildman–Crippen LogP) is 0.430. The van der Waals surface area contributed by atoms with Gasteiger partial charge >= 0.3 is 0 Å². The maximum atomic E-state index is 12.0. The summed E-state index contributed by atoms with van der Waals surface area (Å²) < 4.78 is 24.3. The summed E-state index contributed by atoms with van der Waals surface area (Å²) in [5.41, 5.74) is -0.421. The number of rotatable bonds is 3. The highest BCUT2D eigenvalue weighted by molar-refractivity contribution is 7.88. The Labute approximate surface area is 104 Å². The number of hydrogen-bond acceptors (Lipinski definition) is 3. The first-order chi connectivity index (χ1) is 7.74. The number of nitrogens with one attached hydrogen (secondary N) is 1. The third-order valence-corrected chi connectivity index (χ3v) is 5.17. The van der Waals surface area contributed by atoms with E-state index in [-0.39, 0.29) is 11.8 Å². The largest absolute Gasteiger partial charge is 0.359 e. The van der Waals surface area contributed by atoms with E-state index in [1.807, 2.05) is 13.8 Å². The second-order valence-electron chi connectivity index (χ2n) is 5.05. The monoisotopic (exact) mass is 262 g/mol. The molecule has 0 radical (unpaired) electrons. The van der Waals surface area contributed by atoms with Gasteiger partial charge in [-0.1, -0.05) is 13.8 Å². The molecule has 0 bridgehead atoms. The van der Waals surface area contributed by atoms with Gasteiger partial charge in [0.2, 0.25) is 15.9 Å². The normalized spacial score (nSPS) is 21.5. The van der Waals surface area contributed by atoms with Gasteiger partial charge in [-0.25, -0.2) is 12.7 Å². The molecule has 1 fully saturated rings. The Morgan fingerprint density at radius 1 is 1.29 bits per heavy atom. The number of sulfonamides is 1. The number of hydrogen-bond donors (Lipinski definition) is 1. The molecule has 1 N–H and O–H groups in total. The Balaban J connectivity index is 2.86. The van der Waals surface area contributed by atoms with Crippen LogP contribution in [0.3, 0.4) is 0 Å². The van der Waals surface area contributed by atoms with E-state index >= 15 is 0 Å². The number of carbonyl (C=O) groups excluding carboxylic acids is 1. The highest BCUT2D eigenvalue weighted by atomic mass is 32.2. The van der Waals surface area contributed by atoms with Crippen molar-refractivity contribution < 1.29 is 13.2 Å². The molecule has 0 saturated carbocycles. The maximum absolute atomic E-state index is 12.0. The summed E-state index contributed by atoms with van der Waals surface area (Å²) >= 11 is 0. The van der Waals surface area contributed by atoms with E-state index in [4.69, 9.17) is 0 Å². The van der Waals surface area contributed by atoms with Crippen LogP contribution in [0.25, 0.3) is 0 Å². The van der Waals surface area contributed by atoms with Crippen molar-refractivity contribution in [1.82, 2.24) is 9.62 Å². The standard InChI is InChI=1S/C11H22N2O3S/c1-9(2)11(10(14)12-3)5-7-13(8-6-11)17(4,15)16/h9H,5-8H2,1-4H3,(H,12,14). The lowest BCUT2D eigenvalue weighted by molar-refractivity contribution is -0.135. The molecule has 0 spiro atoms. The molecule has 1 saturated heterocycles. The van der Waals surface area contributed by atoms with Gasteiger partial charge in [-0.2, -0.15) is 0 Å². The van der Waals surface area contributed by atoms with Crippen molar-refractivity contribution in [2.24, 2.45) is 11.3 Å². The lowest BCUT2D eigenvalue weighted by Crippen LogP contribution is -2.51. The van der Waals surface area contributed by atoms with E-state index in [0.29, 0.717) is 25.9 Å². The zero-order valence-electron chi connectivity index (χ0n) is 11.0. The van der Waals surface area contributed by atoms with Crippen LogP contribution in [0.1, 0.15) is 26.7 Å². The Morgan fingerprint density at radius 2 is 1.76 bits per heavy atom. The van der Waals surface area contributed by atoms with Gasteiger partial charge < -0.3 is 5.32 Å². The average molecular weight is 262 g/mol. The Hall–Kier alpha value is -0.620. The van der Waals surface area contributed by atoms with Crippen molar-refractivity contribution in [3.05, 3.63) is 0 Å². The minimum atomic E-state index is -3.13. The molecular formula is C11H22N2O3S. The maximum Gasteiger partial charge on any atom is 0.226 e. The smallest absolute Gasteiger partial charge is 0.226 e. The zero-order valence-corrected chi connectivity index (χ0v) is 11.8. The molecule has 1 heterocycles. The number of carbonyl (C=O) groups is 1. The SMILES string of the molecule is CNC(=O)C1(C(C)C)CCN(S(C)(=O)=O)CC1. The van der Waals surface area contributed by atoms with Gasteiger partial charge in [-0.05, 0) is 18.8 Å². The summed E-state index contributed by atoms with van der Waals surface area (Å²) in [4.78, 5) is 12.0. The fourth-order valence-corrected chi connectivity index (χ4v) is 3.38. The minimum Gasteiger partial charge on any atom is -0.359 e. The van der Waals surface area contributed by atoms with Gasteiger partial charge in [0.15, 0.2) is 0 Å². The molecular weight excluding hydrogens is 240 g/mol. The van der Waals surface area contributed by atoms with Crippen LogP contribution in [-0.2, 0) is 14.8 Å². The summed E-state index contributed by atoms with van der Waals surface area (Å²) in [6.45, 7) is 4.91. The molecule has 1 rings (SSSR count). The molecule has 1 aliphatic rings. The van der Waals surface area contributed by atoms with Crippen molar-refractivity contribution in [2.75, 3.05) is 26.4 Å². The second-order valence-corrected chi connectivity index (χ2v) is 7.03. The second kappa shape index (κ2) is 4.94. The lowest BCUT2D eigenvalue weighted by atomic mass is 9.69. The third-order valence-electron chi connectivity index (χ3n) is 3.87. The van der Waals surface area contributed by atoms with E-state index < -0.39 is 15.4 Å². The summed E-state index contributed by atoms with van der Waals surface area (Å²) in [5.74, 6) is 0.241. The minimum absolute atomic E-state index is 0.0284. The molecule has 6 heteroatoms. The molecule has 5 nitrogen and oxygen atoms in total. The summed E-state index contributed by atoms with van der Waals surface area (Å²) in [6, 6.07) is 0. The van der Waals surface area contributed by atoms with Crippen LogP contribution in [0.4, 0.5) is 0 Å². The van der Waals surface area contributed by atoms with Gasteiger partial charge in [-0.15, -0.1) is 0 Å². The quantitative estimate of drug-likeness (QED) is 0.802. The van der Waals surface area contributed by atoms with Gasteiger partial charge in [0.05, 0.1) is 11.7 Å². The van der Waals surface area contributed by atoms with E-state index in [9.17, 15) is 13.2 Å². The summed E-state index contributed by atoms with van der Waals surface area (Å²) in [6.07, 6.45) is 2.41.